The molecule has 0 aliphatic carbocycles. The highest BCUT2D eigenvalue weighted by Crippen LogP contribution is 2.32. The summed E-state index contributed by atoms with van der Waals surface area (Å²) in [6.07, 6.45) is -0.179. The fourth-order valence-electron chi connectivity index (χ4n) is 3.30. The lowest BCUT2D eigenvalue weighted by atomic mass is 10.3. The molecule has 0 bridgehead atoms. The molecule has 0 spiro atoms. The SMILES string of the molecule is CCOc1ccc(Oc2ccc(NC(=O)CCS(=O)(=O)c3ccc4c(c3)OCCO4)cc2)cc1. The summed E-state index contributed by atoms with van der Waals surface area (Å²) in [5.41, 5.74) is 0.542. The molecule has 1 aliphatic heterocycles. The van der Waals surface area contributed by atoms with Crippen LogP contribution < -0.4 is 24.3 Å². The van der Waals surface area contributed by atoms with Gasteiger partial charge in [-0.05, 0) is 67.6 Å². The van der Waals surface area contributed by atoms with Crippen molar-refractivity contribution in [3.8, 4) is 28.7 Å². The van der Waals surface area contributed by atoms with Gasteiger partial charge < -0.3 is 24.3 Å². The highest BCUT2D eigenvalue weighted by atomic mass is 32.2. The van der Waals surface area contributed by atoms with Gasteiger partial charge in [-0.2, -0.15) is 0 Å². The molecule has 0 saturated heterocycles. The standard InChI is InChI=1S/C25H25NO7S/c1-2-30-19-7-9-21(10-8-19)33-20-5-3-18(4-6-20)26-25(27)13-16-34(28,29)22-11-12-23-24(17-22)32-15-14-31-23/h3-12,17H,2,13-16H2,1H3,(H,26,27). The van der Waals surface area contributed by atoms with Gasteiger partial charge in [0.15, 0.2) is 21.3 Å². The molecule has 1 heterocycles. The van der Waals surface area contributed by atoms with Crippen LogP contribution in [0.4, 0.5) is 5.69 Å². The zero-order chi connectivity index (χ0) is 24.0. The summed E-state index contributed by atoms with van der Waals surface area (Å²) in [5, 5.41) is 2.71. The van der Waals surface area contributed by atoms with Crippen molar-refractivity contribution in [2.45, 2.75) is 18.2 Å². The van der Waals surface area contributed by atoms with Crippen molar-refractivity contribution < 1.29 is 32.2 Å². The van der Waals surface area contributed by atoms with Crippen molar-refractivity contribution in [2.75, 3.05) is 30.9 Å². The molecule has 3 aromatic rings. The number of hydrogen-bond donors (Lipinski definition) is 1. The van der Waals surface area contributed by atoms with E-state index in [1.807, 2.05) is 31.2 Å². The maximum absolute atomic E-state index is 12.6. The van der Waals surface area contributed by atoms with Crippen LogP contribution >= 0.6 is 0 Å². The van der Waals surface area contributed by atoms with E-state index in [4.69, 9.17) is 18.9 Å². The number of anilines is 1. The molecule has 34 heavy (non-hydrogen) atoms. The van der Waals surface area contributed by atoms with Crippen LogP contribution in [0.25, 0.3) is 0 Å². The predicted molar refractivity (Wildman–Crippen MR) is 127 cm³/mol. The van der Waals surface area contributed by atoms with Gasteiger partial charge in [-0.15, -0.1) is 0 Å². The molecule has 0 unspecified atom stereocenters. The third-order valence-electron chi connectivity index (χ3n) is 4.98. The second-order valence-corrected chi connectivity index (χ2v) is 9.56. The second kappa shape index (κ2) is 10.5. The van der Waals surface area contributed by atoms with Gasteiger partial charge in [-0.1, -0.05) is 0 Å². The molecule has 4 rings (SSSR count). The minimum atomic E-state index is -3.65. The molecule has 1 N–H and O–H groups in total. The lowest BCUT2D eigenvalue weighted by molar-refractivity contribution is -0.115. The topological polar surface area (TPSA) is 100 Å². The monoisotopic (exact) mass is 483 g/mol. The highest BCUT2D eigenvalue weighted by Gasteiger charge is 2.20. The Hall–Kier alpha value is -3.72. The molecule has 9 heteroatoms. The molecular weight excluding hydrogens is 458 g/mol. The van der Waals surface area contributed by atoms with Crippen LogP contribution in [-0.2, 0) is 14.6 Å². The maximum atomic E-state index is 12.6. The van der Waals surface area contributed by atoms with E-state index >= 15 is 0 Å². The molecule has 0 fully saturated rings. The molecule has 0 saturated carbocycles. The quantitative estimate of drug-likeness (QED) is 0.480. The molecule has 0 aromatic heterocycles. The average molecular weight is 484 g/mol. The van der Waals surface area contributed by atoms with Crippen LogP contribution in [0.5, 0.6) is 28.7 Å². The lowest BCUT2D eigenvalue weighted by Gasteiger charge is -2.18. The first-order chi connectivity index (χ1) is 16.4. The highest BCUT2D eigenvalue weighted by molar-refractivity contribution is 7.91. The molecule has 0 radical (unpaired) electrons. The van der Waals surface area contributed by atoms with Gasteiger partial charge in [0.1, 0.15) is 30.5 Å². The summed E-state index contributed by atoms with van der Waals surface area (Å²) in [4.78, 5) is 12.4. The van der Waals surface area contributed by atoms with Gasteiger partial charge in [0.05, 0.1) is 17.3 Å². The molecule has 1 amide bonds. The molecule has 0 atom stereocenters. The summed E-state index contributed by atoms with van der Waals surface area (Å²) in [5.74, 6) is 2.21. The normalized spacial score (nSPS) is 12.6. The number of hydrogen-bond acceptors (Lipinski definition) is 7. The Morgan fingerprint density at radius 3 is 2.18 bits per heavy atom. The summed E-state index contributed by atoms with van der Waals surface area (Å²) < 4.78 is 47.3. The van der Waals surface area contributed by atoms with Gasteiger partial charge in [0, 0.05) is 18.2 Å². The van der Waals surface area contributed by atoms with Crippen molar-refractivity contribution in [3.05, 3.63) is 66.7 Å². The smallest absolute Gasteiger partial charge is 0.225 e. The van der Waals surface area contributed by atoms with Gasteiger partial charge >= 0.3 is 0 Å². The number of rotatable bonds is 9. The number of carbonyl (C=O) groups is 1. The summed E-state index contributed by atoms with van der Waals surface area (Å²) in [7, 11) is -3.65. The van der Waals surface area contributed by atoms with Crippen molar-refractivity contribution in [1.82, 2.24) is 0 Å². The number of benzene rings is 3. The van der Waals surface area contributed by atoms with E-state index in [1.54, 1.807) is 30.3 Å². The van der Waals surface area contributed by atoms with Gasteiger partial charge in [0.2, 0.25) is 5.91 Å². The molecule has 8 nitrogen and oxygen atoms in total. The maximum Gasteiger partial charge on any atom is 0.225 e. The number of fused-ring (bicyclic) bond motifs is 1. The molecule has 1 aliphatic rings. The Morgan fingerprint density at radius 2 is 1.50 bits per heavy atom. The van der Waals surface area contributed by atoms with E-state index in [0.717, 1.165) is 5.75 Å². The average Bonchev–Trinajstić information content (AvgIpc) is 2.85. The van der Waals surface area contributed by atoms with E-state index in [2.05, 4.69) is 5.32 Å². The summed E-state index contributed by atoms with van der Waals surface area (Å²) >= 11 is 0. The fraction of sp³-hybridized carbons (Fsp3) is 0.240. The van der Waals surface area contributed by atoms with Crippen LogP contribution in [0.2, 0.25) is 0 Å². The van der Waals surface area contributed by atoms with Crippen molar-refractivity contribution in [1.29, 1.82) is 0 Å². The number of sulfone groups is 1. The Labute approximate surface area is 198 Å². The predicted octanol–water partition coefficient (Wildman–Crippen LogP) is 4.45. The zero-order valence-electron chi connectivity index (χ0n) is 18.7. The van der Waals surface area contributed by atoms with E-state index in [0.29, 0.717) is 48.5 Å². The van der Waals surface area contributed by atoms with Crippen LogP contribution in [0.3, 0.4) is 0 Å². The number of amides is 1. The summed E-state index contributed by atoms with van der Waals surface area (Å²) in [6.45, 7) is 3.30. The third-order valence-corrected chi connectivity index (χ3v) is 6.69. The molecule has 178 valence electrons. The third kappa shape index (κ3) is 5.99. The Kier molecular flexibility index (Phi) is 7.22. The molecule has 3 aromatic carbocycles. The van der Waals surface area contributed by atoms with E-state index in [1.165, 1.54) is 12.1 Å². The van der Waals surface area contributed by atoms with Crippen molar-refractivity contribution in [2.24, 2.45) is 0 Å². The van der Waals surface area contributed by atoms with E-state index < -0.39 is 15.7 Å². The van der Waals surface area contributed by atoms with Gasteiger partial charge in [-0.25, -0.2) is 8.42 Å². The van der Waals surface area contributed by atoms with Crippen LogP contribution in [0.1, 0.15) is 13.3 Å². The summed E-state index contributed by atoms with van der Waals surface area (Å²) in [6, 6.07) is 18.6. The first kappa shape index (κ1) is 23.4. The molecular formula is C25H25NO7S. The van der Waals surface area contributed by atoms with Crippen LogP contribution in [0, 0.1) is 0 Å². The first-order valence-electron chi connectivity index (χ1n) is 10.9. The van der Waals surface area contributed by atoms with Crippen molar-refractivity contribution >= 4 is 21.4 Å². The van der Waals surface area contributed by atoms with Gasteiger partial charge in [0.25, 0.3) is 0 Å². The van der Waals surface area contributed by atoms with Gasteiger partial charge in [-0.3, -0.25) is 4.79 Å². The second-order valence-electron chi connectivity index (χ2n) is 7.45. The zero-order valence-corrected chi connectivity index (χ0v) is 19.5. The first-order valence-corrected chi connectivity index (χ1v) is 12.5. The minimum absolute atomic E-state index is 0.0975. The van der Waals surface area contributed by atoms with Crippen molar-refractivity contribution in [3.63, 3.8) is 0 Å². The van der Waals surface area contributed by atoms with Crippen LogP contribution in [-0.4, -0.2) is 39.9 Å². The Morgan fingerprint density at radius 1 is 0.882 bits per heavy atom. The Bertz CT molecular complexity index is 1240. The number of carbonyl (C=O) groups excluding carboxylic acids is 1. The number of nitrogens with one attached hydrogen (secondary N) is 1. The van der Waals surface area contributed by atoms with E-state index in [-0.39, 0.29) is 17.1 Å². The number of ether oxygens (including phenoxy) is 4. The fourth-order valence-corrected chi connectivity index (χ4v) is 4.55. The van der Waals surface area contributed by atoms with E-state index in [9.17, 15) is 13.2 Å². The largest absolute Gasteiger partial charge is 0.494 e. The van der Waals surface area contributed by atoms with Crippen LogP contribution in [0.15, 0.2) is 71.6 Å². The lowest BCUT2D eigenvalue weighted by Crippen LogP contribution is -2.18. The Balaban J connectivity index is 1.29. The minimum Gasteiger partial charge on any atom is -0.494 e.